The highest BCUT2D eigenvalue weighted by Crippen LogP contribution is 1.82. The average molecular weight is 179 g/mol. The van der Waals surface area contributed by atoms with Crippen molar-refractivity contribution in [3.8, 4) is 0 Å². The maximum atomic E-state index is 7.59. The lowest BCUT2D eigenvalue weighted by Gasteiger charge is -2.09. The van der Waals surface area contributed by atoms with Crippen LogP contribution in [-0.4, -0.2) is 17.2 Å². The van der Waals surface area contributed by atoms with Gasteiger partial charge in [-0.3, -0.25) is 5.41 Å². The van der Waals surface area contributed by atoms with Crippen LogP contribution in [0.5, 0.6) is 0 Å². The van der Waals surface area contributed by atoms with Crippen molar-refractivity contribution < 1.29 is 0 Å². The molecule has 1 rings (SSSR count). The van der Waals surface area contributed by atoms with Crippen LogP contribution in [0.2, 0.25) is 0 Å². The Hall–Kier alpha value is -1.09. The van der Waals surface area contributed by atoms with Gasteiger partial charge in [0.1, 0.15) is 5.49 Å². The molecule has 0 saturated carbocycles. The molecule has 1 aromatic rings. The predicted molar refractivity (Wildman–Crippen MR) is 53.4 cm³/mol. The molecule has 0 aromatic carbocycles. The molecule has 0 bridgehead atoms. The summed E-state index contributed by atoms with van der Waals surface area (Å²) in [4.78, 5) is 0. The van der Waals surface area contributed by atoms with Crippen molar-refractivity contribution in [1.29, 1.82) is 5.41 Å². The molecule has 0 aliphatic rings. The topological polar surface area (TPSA) is 40.8 Å². The van der Waals surface area contributed by atoms with Gasteiger partial charge in [-0.25, -0.2) is 0 Å². The van der Waals surface area contributed by atoms with E-state index in [4.69, 9.17) is 5.41 Å². The lowest BCUT2D eigenvalue weighted by molar-refractivity contribution is 0.529. The molecule has 72 valence electrons. The Kier molecular flexibility index (Phi) is 3.71. The summed E-state index contributed by atoms with van der Waals surface area (Å²) in [6.45, 7) is 6.02. The highest BCUT2D eigenvalue weighted by atomic mass is 15.0. The first-order chi connectivity index (χ1) is 6.20. The van der Waals surface area contributed by atoms with Gasteiger partial charge in [0.05, 0.1) is 0 Å². The molecule has 0 aliphatic heterocycles. The summed E-state index contributed by atoms with van der Waals surface area (Å²) < 4.78 is 1.93. The van der Waals surface area contributed by atoms with E-state index in [2.05, 4.69) is 19.2 Å². The van der Waals surface area contributed by atoms with Crippen molar-refractivity contribution in [2.45, 2.75) is 26.4 Å². The second-order valence-electron chi connectivity index (χ2n) is 3.39. The van der Waals surface area contributed by atoms with Gasteiger partial charge in [0.2, 0.25) is 0 Å². The standard InChI is InChI=1S/C10H17N3/c1-9(2)12-6-8-13-7-4-3-5-10(13)11/h3-5,7,9,11-12H,6,8H2,1-2H3. The van der Waals surface area contributed by atoms with E-state index in [9.17, 15) is 0 Å². The van der Waals surface area contributed by atoms with Crippen LogP contribution in [0.3, 0.4) is 0 Å². The number of pyridine rings is 1. The molecule has 1 heterocycles. The minimum Gasteiger partial charge on any atom is -0.332 e. The van der Waals surface area contributed by atoms with E-state index in [1.165, 1.54) is 0 Å². The third kappa shape index (κ3) is 3.42. The summed E-state index contributed by atoms with van der Waals surface area (Å²) in [5.74, 6) is 0. The van der Waals surface area contributed by atoms with E-state index < -0.39 is 0 Å². The normalized spacial score (nSPS) is 10.7. The fraction of sp³-hybridized carbons (Fsp3) is 0.500. The number of hydrogen-bond acceptors (Lipinski definition) is 2. The van der Waals surface area contributed by atoms with Crippen molar-refractivity contribution in [1.82, 2.24) is 9.88 Å². The van der Waals surface area contributed by atoms with Gasteiger partial charge in [0, 0.05) is 25.3 Å². The van der Waals surface area contributed by atoms with E-state index in [0.717, 1.165) is 13.1 Å². The molecule has 0 amide bonds. The van der Waals surface area contributed by atoms with Gasteiger partial charge < -0.3 is 9.88 Å². The van der Waals surface area contributed by atoms with Crippen LogP contribution in [-0.2, 0) is 6.54 Å². The van der Waals surface area contributed by atoms with Gasteiger partial charge in [0.25, 0.3) is 0 Å². The molecule has 2 N–H and O–H groups in total. The smallest absolute Gasteiger partial charge is 0.124 e. The largest absolute Gasteiger partial charge is 0.332 e. The first kappa shape index (κ1) is 9.99. The monoisotopic (exact) mass is 179 g/mol. The number of aromatic nitrogens is 1. The van der Waals surface area contributed by atoms with Crippen LogP contribution in [0.1, 0.15) is 13.8 Å². The first-order valence-electron chi connectivity index (χ1n) is 4.63. The summed E-state index contributed by atoms with van der Waals surface area (Å²) in [6.07, 6.45) is 1.93. The van der Waals surface area contributed by atoms with Crippen molar-refractivity contribution in [3.63, 3.8) is 0 Å². The Morgan fingerprint density at radius 1 is 1.46 bits per heavy atom. The number of nitrogens with zero attached hydrogens (tertiary/aromatic N) is 1. The zero-order valence-corrected chi connectivity index (χ0v) is 8.25. The molecular formula is C10H17N3. The number of nitrogens with one attached hydrogen (secondary N) is 2. The van der Waals surface area contributed by atoms with E-state index in [-0.39, 0.29) is 0 Å². The lowest BCUT2D eigenvalue weighted by atomic mass is 10.4. The van der Waals surface area contributed by atoms with Crippen molar-refractivity contribution in [2.75, 3.05) is 6.54 Å². The summed E-state index contributed by atoms with van der Waals surface area (Å²) in [5, 5.41) is 10.9. The Labute approximate surface area is 78.9 Å². The van der Waals surface area contributed by atoms with E-state index in [1.807, 2.05) is 22.9 Å². The highest BCUT2D eigenvalue weighted by molar-refractivity contribution is 4.91. The third-order valence-electron chi connectivity index (χ3n) is 1.85. The molecule has 1 aromatic heterocycles. The Bertz CT molecular complexity index is 301. The zero-order valence-electron chi connectivity index (χ0n) is 8.25. The molecule has 0 unspecified atom stereocenters. The van der Waals surface area contributed by atoms with Crippen LogP contribution in [0.4, 0.5) is 0 Å². The Morgan fingerprint density at radius 3 is 2.85 bits per heavy atom. The molecule has 0 saturated heterocycles. The van der Waals surface area contributed by atoms with Crippen molar-refractivity contribution in [3.05, 3.63) is 29.9 Å². The summed E-state index contributed by atoms with van der Waals surface area (Å²) >= 11 is 0. The molecule has 0 fully saturated rings. The molecule has 0 atom stereocenters. The van der Waals surface area contributed by atoms with Crippen molar-refractivity contribution in [2.24, 2.45) is 0 Å². The SMILES string of the molecule is CC(C)NCCn1ccccc1=N. The Balaban J connectivity index is 2.46. The van der Waals surface area contributed by atoms with Crippen LogP contribution in [0.25, 0.3) is 0 Å². The molecule has 0 radical (unpaired) electrons. The third-order valence-corrected chi connectivity index (χ3v) is 1.85. The molecule has 3 nitrogen and oxygen atoms in total. The van der Waals surface area contributed by atoms with Gasteiger partial charge in [-0.2, -0.15) is 0 Å². The van der Waals surface area contributed by atoms with E-state index >= 15 is 0 Å². The number of hydrogen-bond donors (Lipinski definition) is 2. The van der Waals surface area contributed by atoms with Gasteiger partial charge >= 0.3 is 0 Å². The second kappa shape index (κ2) is 4.82. The van der Waals surface area contributed by atoms with Crippen LogP contribution in [0.15, 0.2) is 24.4 Å². The van der Waals surface area contributed by atoms with Gasteiger partial charge in [-0.05, 0) is 12.1 Å². The fourth-order valence-electron chi connectivity index (χ4n) is 1.14. The molecule has 13 heavy (non-hydrogen) atoms. The highest BCUT2D eigenvalue weighted by Gasteiger charge is 1.92. The summed E-state index contributed by atoms with van der Waals surface area (Å²) in [7, 11) is 0. The number of rotatable bonds is 4. The fourth-order valence-corrected chi connectivity index (χ4v) is 1.14. The minimum absolute atomic E-state index is 0.512. The van der Waals surface area contributed by atoms with Gasteiger partial charge in [-0.1, -0.05) is 19.9 Å². The molecule has 0 spiro atoms. The molecule has 3 heteroatoms. The van der Waals surface area contributed by atoms with Crippen LogP contribution in [0, 0.1) is 5.41 Å². The van der Waals surface area contributed by atoms with Gasteiger partial charge in [-0.15, -0.1) is 0 Å². The maximum Gasteiger partial charge on any atom is 0.124 e. The minimum atomic E-state index is 0.512. The van der Waals surface area contributed by atoms with E-state index in [1.54, 1.807) is 6.07 Å². The predicted octanol–water partition coefficient (Wildman–Crippen LogP) is 0.966. The van der Waals surface area contributed by atoms with Crippen LogP contribution >= 0.6 is 0 Å². The Morgan fingerprint density at radius 2 is 2.23 bits per heavy atom. The molecular weight excluding hydrogens is 162 g/mol. The zero-order chi connectivity index (χ0) is 9.68. The summed E-state index contributed by atoms with van der Waals surface area (Å²) in [6, 6.07) is 6.15. The van der Waals surface area contributed by atoms with Gasteiger partial charge in [0.15, 0.2) is 0 Å². The molecule has 0 aliphatic carbocycles. The quantitative estimate of drug-likeness (QED) is 0.710. The lowest BCUT2D eigenvalue weighted by Crippen LogP contribution is -2.30. The summed E-state index contributed by atoms with van der Waals surface area (Å²) in [5.41, 5.74) is 0.563. The average Bonchev–Trinajstić information content (AvgIpc) is 2.08. The van der Waals surface area contributed by atoms with Crippen LogP contribution < -0.4 is 10.8 Å². The second-order valence-corrected chi connectivity index (χ2v) is 3.39. The van der Waals surface area contributed by atoms with E-state index in [0.29, 0.717) is 11.5 Å². The van der Waals surface area contributed by atoms with Crippen molar-refractivity contribution >= 4 is 0 Å². The first-order valence-corrected chi connectivity index (χ1v) is 4.63. The maximum absolute atomic E-state index is 7.59.